The molecule has 25 heavy (non-hydrogen) atoms. The molecule has 132 valence electrons. The van der Waals surface area contributed by atoms with Crippen molar-refractivity contribution in [2.75, 3.05) is 13.1 Å². The molecule has 1 saturated heterocycles. The minimum absolute atomic E-state index is 0.108. The molecule has 1 fully saturated rings. The summed E-state index contributed by atoms with van der Waals surface area (Å²) < 4.78 is 0. The highest BCUT2D eigenvalue weighted by molar-refractivity contribution is 5.32. The summed E-state index contributed by atoms with van der Waals surface area (Å²) in [6.45, 7) is 2.96. The Morgan fingerprint density at radius 2 is 1.84 bits per heavy atom. The molecule has 2 unspecified atom stereocenters. The predicted octanol–water partition coefficient (Wildman–Crippen LogP) is 2.32. The fraction of sp³-hybridized carbons (Fsp3) is 0.368. The Hall–Kier alpha value is -2.28. The van der Waals surface area contributed by atoms with Gasteiger partial charge < -0.3 is 10.4 Å². The van der Waals surface area contributed by atoms with Crippen molar-refractivity contribution in [3.05, 3.63) is 75.8 Å². The molecule has 2 aromatic carbocycles. The van der Waals surface area contributed by atoms with Gasteiger partial charge in [-0.2, -0.15) is 0 Å². The number of aliphatic hydroxyl groups excluding tert-OH is 1. The summed E-state index contributed by atoms with van der Waals surface area (Å²) in [7, 11) is 0. The van der Waals surface area contributed by atoms with Gasteiger partial charge in [0, 0.05) is 44.4 Å². The van der Waals surface area contributed by atoms with Crippen LogP contribution in [0.5, 0.6) is 0 Å². The number of β-amino-alcohol motifs (C(OH)–C–C–N with tert-alkyl or cyclic N) is 1. The maximum absolute atomic E-state index is 10.7. The van der Waals surface area contributed by atoms with Crippen LogP contribution < -0.4 is 5.32 Å². The second kappa shape index (κ2) is 8.20. The minimum Gasteiger partial charge on any atom is -0.392 e. The average molecular weight is 341 g/mol. The van der Waals surface area contributed by atoms with E-state index >= 15 is 0 Å². The van der Waals surface area contributed by atoms with Gasteiger partial charge in [0.05, 0.1) is 11.0 Å². The maximum atomic E-state index is 10.7. The number of likely N-dealkylation sites (tertiary alicyclic amines) is 1. The van der Waals surface area contributed by atoms with Gasteiger partial charge in [0.1, 0.15) is 0 Å². The zero-order valence-electron chi connectivity index (χ0n) is 14.0. The second-order valence-corrected chi connectivity index (χ2v) is 6.51. The lowest BCUT2D eigenvalue weighted by molar-refractivity contribution is -0.384. The van der Waals surface area contributed by atoms with Crippen molar-refractivity contribution in [1.29, 1.82) is 0 Å². The van der Waals surface area contributed by atoms with Crippen molar-refractivity contribution in [1.82, 2.24) is 10.2 Å². The smallest absolute Gasteiger partial charge is 0.269 e. The Bertz CT molecular complexity index is 691. The summed E-state index contributed by atoms with van der Waals surface area (Å²) in [6, 6.07) is 17.2. The predicted molar refractivity (Wildman–Crippen MR) is 96.1 cm³/mol. The van der Waals surface area contributed by atoms with Crippen LogP contribution in [-0.2, 0) is 13.1 Å². The molecule has 6 nitrogen and oxygen atoms in total. The topological polar surface area (TPSA) is 78.6 Å². The summed E-state index contributed by atoms with van der Waals surface area (Å²) in [6.07, 6.45) is 0.481. The zero-order chi connectivity index (χ0) is 17.6. The normalized spacial score (nSPS) is 20.7. The van der Waals surface area contributed by atoms with E-state index in [9.17, 15) is 15.2 Å². The van der Waals surface area contributed by atoms with Crippen molar-refractivity contribution in [2.24, 2.45) is 0 Å². The number of nitro groups is 1. The number of nitrogens with zero attached hydrogens (tertiary/aromatic N) is 2. The molecule has 0 spiro atoms. The molecular weight excluding hydrogens is 318 g/mol. The van der Waals surface area contributed by atoms with Gasteiger partial charge in [-0.05, 0) is 17.5 Å². The van der Waals surface area contributed by atoms with Gasteiger partial charge in [0.15, 0.2) is 0 Å². The third-order valence-corrected chi connectivity index (χ3v) is 4.59. The molecule has 1 aliphatic heterocycles. The zero-order valence-corrected chi connectivity index (χ0v) is 14.0. The maximum Gasteiger partial charge on any atom is 0.269 e. The molecule has 2 aromatic rings. The molecule has 2 N–H and O–H groups in total. The molecule has 0 amide bonds. The van der Waals surface area contributed by atoms with E-state index in [0.29, 0.717) is 13.1 Å². The Morgan fingerprint density at radius 1 is 1.12 bits per heavy atom. The molecule has 0 radical (unpaired) electrons. The highest BCUT2D eigenvalue weighted by Crippen LogP contribution is 2.20. The van der Waals surface area contributed by atoms with E-state index < -0.39 is 4.92 Å². The van der Waals surface area contributed by atoms with E-state index in [4.69, 9.17) is 0 Å². The fourth-order valence-corrected chi connectivity index (χ4v) is 3.30. The number of nitrogens with one attached hydrogen (secondary N) is 1. The second-order valence-electron chi connectivity index (χ2n) is 6.51. The van der Waals surface area contributed by atoms with Crippen LogP contribution in [0.3, 0.4) is 0 Å². The van der Waals surface area contributed by atoms with E-state index in [1.165, 1.54) is 17.7 Å². The van der Waals surface area contributed by atoms with E-state index in [1.54, 1.807) is 12.1 Å². The van der Waals surface area contributed by atoms with Gasteiger partial charge in [0.2, 0.25) is 0 Å². The monoisotopic (exact) mass is 341 g/mol. The number of non-ortho nitro benzene ring substituents is 1. The van der Waals surface area contributed by atoms with Gasteiger partial charge in [-0.1, -0.05) is 42.5 Å². The van der Waals surface area contributed by atoms with Gasteiger partial charge in [0.25, 0.3) is 5.69 Å². The van der Waals surface area contributed by atoms with Gasteiger partial charge in [-0.15, -0.1) is 0 Å². The highest BCUT2D eigenvalue weighted by atomic mass is 16.6. The van der Waals surface area contributed by atoms with Gasteiger partial charge in [-0.25, -0.2) is 0 Å². The lowest BCUT2D eigenvalue weighted by Crippen LogP contribution is -2.37. The SMILES string of the molecule is O=[N+]([O-])c1ccc(CNCC2CC(O)CN2Cc2ccccc2)cc1. The largest absolute Gasteiger partial charge is 0.392 e. The van der Waals surface area contributed by atoms with E-state index in [2.05, 4.69) is 22.3 Å². The summed E-state index contributed by atoms with van der Waals surface area (Å²) in [5, 5.41) is 24.1. The van der Waals surface area contributed by atoms with E-state index in [0.717, 1.165) is 25.1 Å². The lowest BCUT2D eigenvalue weighted by Gasteiger charge is -2.24. The van der Waals surface area contributed by atoms with Crippen LogP contribution in [0, 0.1) is 10.1 Å². The van der Waals surface area contributed by atoms with Crippen LogP contribution in [0.25, 0.3) is 0 Å². The quantitative estimate of drug-likeness (QED) is 0.597. The van der Waals surface area contributed by atoms with Crippen LogP contribution >= 0.6 is 0 Å². The fourth-order valence-electron chi connectivity index (χ4n) is 3.30. The summed E-state index contributed by atoms with van der Waals surface area (Å²) >= 11 is 0. The molecule has 0 bridgehead atoms. The van der Waals surface area contributed by atoms with Crippen LogP contribution in [-0.4, -0.2) is 40.2 Å². The van der Waals surface area contributed by atoms with E-state index in [-0.39, 0.29) is 17.8 Å². The number of hydrogen-bond acceptors (Lipinski definition) is 5. The standard InChI is InChI=1S/C19H23N3O3/c23-19-10-18(21(14-19)13-16-4-2-1-3-5-16)12-20-11-15-6-8-17(9-7-15)22(24)25/h1-9,18-20,23H,10-14H2. The molecule has 3 rings (SSSR count). The Balaban J connectivity index is 1.51. The molecule has 1 aliphatic rings. The molecule has 6 heteroatoms. The summed E-state index contributed by atoms with van der Waals surface area (Å²) in [5.74, 6) is 0. The van der Waals surface area contributed by atoms with Gasteiger partial charge >= 0.3 is 0 Å². The summed E-state index contributed by atoms with van der Waals surface area (Å²) in [4.78, 5) is 12.6. The Labute approximate surface area is 147 Å². The third kappa shape index (κ3) is 4.85. The Morgan fingerprint density at radius 3 is 2.52 bits per heavy atom. The number of benzene rings is 2. The van der Waals surface area contributed by atoms with Crippen LogP contribution in [0.15, 0.2) is 54.6 Å². The molecule has 1 heterocycles. The third-order valence-electron chi connectivity index (χ3n) is 4.59. The number of aliphatic hydroxyl groups is 1. The first-order valence-corrected chi connectivity index (χ1v) is 8.52. The molecular formula is C19H23N3O3. The first kappa shape index (κ1) is 17.5. The van der Waals surface area contributed by atoms with Crippen molar-refractivity contribution >= 4 is 5.69 Å². The van der Waals surface area contributed by atoms with E-state index in [1.807, 2.05) is 18.2 Å². The molecule has 0 saturated carbocycles. The number of hydrogen-bond donors (Lipinski definition) is 2. The minimum atomic E-state index is -0.390. The van der Waals surface area contributed by atoms with Crippen LogP contribution in [0.1, 0.15) is 17.5 Å². The van der Waals surface area contributed by atoms with Gasteiger partial charge in [-0.3, -0.25) is 15.0 Å². The first-order chi connectivity index (χ1) is 12.1. The van der Waals surface area contributed by atoms with Crippen molar-refractivity contribution in [2.45, 2.75) is 31.7 Å². The number of rotatable bonds is 7. The van der Waals surface area contributed by atoms with Crippen LogP contribution in [0.4, 0.5) is 5.69 Å². The van der Waals surface area contributed by atoms with Crippen molar-refractivity contribution in [3.8, 4) is 0 Å². The average Bonchev–Trinajstić information content (AvgIpc) is 2.95. The van der Waals surface area contributed by atoms with Crippen molar-refractivity contribution in [3.63, 3.8) is 0 Å². The first-order valence-electron chi connectivity index (χ1n) is 8.52. The van der Waals surface area contributed by atoms with Crippen molar-refractivity contribution < 1.29 is 10.0 Å². The number of nitro benzene ring substituents is 1. The molecule has 0 aromatic heterocycles. The molecule has 2 atom stereocenters. The highest BCUT2D eigenvalue weighted by Gasteiger charge is 2.30. The summed E-state index contributed by atoms with van der Waals surface area (Å²) in [5.41, 5.74) is 2.37. The Kier molecular flexibility index (Phi) is 5.75. The lowest BCUT2D eigenvalue weighted by atomic mass is 10.1. The molecule has 0 aliphatic carbocycles. The van der Waals surface area contributed by atoms with Crippen LogP contribution in [0.2, 0.25) is 0 Å².